The van der Waals surface area contributed by atoms with Crippen molar-refractivity contribution >= 4 is 0 Å². The fourth-order valence-corrected chi connectivity index (χ4v) is 1.96. The molecule has 0 heterocycles. The summed E-state index contributed by atoms with van der Waals surface area (Å²) in [5.74, 6) is 0. The van der Waals surface area contributed by atoms with Gasteiger partial charge in [-0.25, -0.2) is 0 Å². The number of ether oxygens (including phenoxy) is 1. The standard InChI is InChI=1S/C15H24O2/c1-12-8-6-7-9-13(12)15(4,16)11-10-14(2,3)17-5/h6-9,16H,10-11H2,1-5H3. The normalized spacial score (nSPS) is 15.6. The first kappa shape index (κ1) is 14.2. The van der Waals surface area contributed by atoms with E-state index in [-0.39, 0.29) is 5.60 Å². The molecule has 0 fully saturated rings. The van der Waals surface area contributed by atoms with E-state index in [1.165, 1.54) is 0 Å². The summed E-state index contributed by atoms with van der Waals surface area (Å²) in [6.45, 7) is 7.99. The second-order valence-electron chi connectivity index (χ2n) is 5.55. The van der Waals surface area contributed by atoms with E-state index in [1.54, 1.807) is 7.11 Å². The molecule has 0 aliphatic carbocycles. The lowest BCUT2D eigenvalue weighted by molar-refractivity contribution is -0.0213. The van der Waals surface area contributed by atoms with Crippen LogP contribution in [0, 0.1) is 6.92 Å². The maximum absolute atomic E-state index is 10.6. The Hall–Kier alpha value is -0.860. The van der Waals surface area contributed by atoms with Gasteiger partial charge in [-0.2, -0.15) is 0 Å². The molecule has 0 saturated heterocycles. The van der Waals surface area contributed by atoms with Crippen molar-refractivity contribution in [3.63, 3.8) is 0 Å². The summed E-state index contributed by atoms with van der Waals surface area (Å²) >= 11 is 0. The quantitative estimate of drug-likeness (QED) is 0.849. The minimum Gasteiger partial charge on any atom is -0.385 e. The Morgan fingerprint density at radius 2 is 1.71 bits per heavy atom. The van der Waals surface area contributed by atoms with E-state index in [4.69, 9.17) is 4.74 Å². The number of aliphatic hydroxyl groups is 1. The molecule has 2 nitrogen and oxygen atoms in total. The molecular weight excluding hydrogens is 212 g/mol. The molecule has 1 atom stereocenters. The fourth-order valence-electron chi connectivity index (χ4n) is 1.96. The van der Waals surface area contributed by atoms with Crippen molar-refractivity contribution in [2.45, 2.75) is 51.7 Å². The molecule has 0 amide bonds. The van der Waals surface area contributed by atoms with Crippen LogP contribution >= 0.6 is 0 Å². The summed E-state index contributed by atoms with van der Waals surface area (Å²) in [5, 5.41) is 10.6. The number of hydrogen-bond acceptors (Lipinski definition) is 2. The topological polar surface area (TPSA) is 29.5 Å². The summed E-state index contributed by atoms with van der Waals surface area (Å²) in [6, 6.07) is 7.99. The average Bonchev–Trinajstić information content (AvgIpc) is 2.27. The van der Waals surface area contributed by atoms with Gasteiger partial charge in [0, 0.05) is 7.11 Å². The van der Waals surface area contributed by atoms with Gasteiger partial charge in [0.1, 0.15) is 0 Å². The molecule has 17 heavy (non-hydrogen) atoms. The summed E-state index contributed by atoms with van der Waals surface area (Å²) < 4.78 is 5.39. The lowest BCUT2D eigenvalue weighted by Crippen LogP contribution is -2.29. The van der Waals surface area contributed by atoms with Crippen molar-refractivity contribution in [2.75, 3.05) is 7.11 Å². The Kier molecular flexibility index (Phi) is 4.34. The van der Waals surface area contributed by atoms with Crippen LogP contribution in [0.2, 0.25) is 0 Å². The highest BCUT2D eigenvalue weighted by Gasteiger charge is 2.28. The number of aryl methyl sites for hydroxylation is 1. The Morgan fingerprint density at radius 1 is 1.12 bits per heavy atom. The van der Waals surface area contributed by atoms with Gasteiger partial charge in [-0.15, -0.1) is 0 Å². The monoisotopic (exact) mass is 236 g/mol. The minimum absolute atomic E-state index is 0.188. The third-order valence-electron chi connectivity index (χ3n) is 3.49. The molecule has 0 aliphatic rings. The molecule has 0 saturated carbocycles. The van der Waals surface area contributed by atoms with Gasteiger partial charge in [0.05, 0.1) is 11.2 Å². The van der Waals surface area contributed by atoms with Gasteiger partial charge in [-0.05, 0) is 51.7 Å². The number of rotatable bonds is 5. The highest BCUT2D eigenvalue weighted by atomic mass is 16.5. The van der Waals surface area contributed by atoms with Crippen LogP contribution in [0.3, 0.4) is 0 Å². The largest absolute Gasteiger partial charge is 0.385 e. The number of methoxy groups -OCH3 is 1. The van der Waals surface area contributed by atoms with Crippen LogP contribution in [-0.2, 0) is 10.3 Å². The lowest BCUT2D eigenvalue weighted by Gasteiger charge is -2.30. The van der Waals surface area contributed by atoms with Crippen molar-refractivity contribution in [1.29, 1.82) is 0 Å². The number of hydrogen-bond donors (Lipinski definition) is 1. The Morgan fingerprint density at radius 3 is 2.24 bits per heavy atom. The molecule has 1 rings (SSSR count). The molecule has 96 valence electrons. The third-order valence-corrected chi connectivity index (χ3v) is 3.49. The zero-order valence-corrected chi connectivity index (χ0v) is 11.6. The van der Waals surface area contributed by atoms with Crippen molar-refractivity contribution < 1.29 is 9.84 Å². The second kappa shape index (κ2) is 5.19. The Labute approximate surface area is 105 Å². The molecule has 0 radical (unpaired) electrons. The predicted octanol–water partition coefficient (Wildman–Crippen LogP) is 3.41. The van der Waals surface area contributed by atoms with Gasteiger partial charge in [0.15, 0.2) is 0 Å². The summed E-state index contributed by atoms with van der Waals surface area (Å²) in [5.41, 5.74) is 1.16. The Balaban J connectivity index is 2.79. The Bertz CT molecular complexity index is 367. The van der Waals surface area contributed by atoms with Crippen LogP contribution in [0.4, 0.5) is 0 Å². The zero-order chi connectivity index (χ0) is 13.1. The smallest absolute Gasteiger partial charge is 0.0872 e. The zero-order valence-electron chi connectivity index (χ0n) is 11.6. The van der Waals surface area contributed by atoms with Crippen LogP contribution < -0.4 is 0 Å². The van der Waals surface area contributed by atoms with Crippen molar-refractivity contribution in [2.24, 2.45) is 0 Å². The molecule has 1 aromatic carbocycles. The first-order valence-electron chi connectivity index (χ1n) is 6.12. The van der Waals surface area contributed by atoms with E-state index in [0.29, 0.717) is 6.42 Å². The van der Waals surface area contributed by atoms with Crippen molar-refractivity contribution in [3.05, 3.63) is 35.4 Å². The van der Waals surface area contributed by atoms with Crippen LogP contribution in [0.15, 0.2) is 24.3 Å². The van der Waals surface area contributed by atoms with Gasteiger partial charge >= 0.3 is 0 Å². The highest BCUT2D eigenvalue weighted by molar-refractivity contribution is 5.30. The maximum Gasteiger partial charge on any atom is 0.0872 e. The second-order valence-corrected chi connectivity index (χ2v) is 5.55. The molecule has 0 aliphatic heterocycles. The molecule has 0 spiro atoms. The lowest BCUT2D eigenvalue weighted by atomic mass is 9.85. The van der Waals surface area contributed by atoms with Crippen LogP contribution in [0.1, 0.15) is 44.7 Å². The van der Waals surface area contributed by atoms with E-state index >= 15 is 0 Å². The van der Waals surface area contributed by atoms with Crippen LogP contribution in [0.5, 0.6) is 0 Å². The van der Waals surface area contributed by atoms with E-state index < -0.39 is 5.60 Å². The van der Waals surface area contributed by atoms with Crippen LogP contribution in [-0.4, -0.2) is 17.8 Å². The minimum atomic E-state index is -0.791. The average molecular weight is 236 g/mol. The molecule has 0 bridgehead atoms. The van der Waals surface area contributed by atoms with Crippen molar-refractivity contribution in [3.8, 4) is 0 Å². The summed E-state index contributed by atoms with van der Waals surface area (Å²) in [7, 11) is 1.71. The molecule has 0 aromatic heterocycles. The first-order chi connectivity index (χ1) is 7.78. The third kappa shape index (κ3) is 3.83. The van der Waals surface area contributed by atoms with Gasteiger partial charge in [0.25, 0.3) is 0 Å². The highest BCUT2D eigenvalue weighted by Crippen LogP contribution is 2.31. The molecule has 2 heteroatoms. The first-order valence-corrected chi connectivity index (χ1v) is 6.12. The fraction of sp³-hybridized carbons (Fsp3) is 0.600. The predicted molar refractivity (Wildman–Crippen MR) is 71.1 cm³/mol. The van der Waals surface area contributed by atoms with Crippen molar-refractivity contribution in [1.82, 2.24) is 0 Å². The SMILES string of the molecule is COC(C)(C)CCC(C)(O)c1ccccc1C. The maximum atomic E-state index is 10.6. The molecule has 1 aromatic rings. The van der Waals surface area contributed by atoms with E-state index in [9.17, 15) is 5.11 Å². The molecular formula is C15H24O2. The summed E-state index contributed by atoms with van der Waals surface area (Å²) in [6.07, 6.45) is 1.52. The van der Waals surface area contributed by atoms with E-state index in [2.05, 4.69) is 0 Å². The van der Waals surface area contributed by atoms with E-state index in [1.807, 2.05) is 52.0 Å². The number of benzene rings is 1. The van der Waals surface area contributed by atoms with Gasteiger partial charge < -0.3 is 9.84 Å². The van der Waals surface area contributed by atoms with Gasteiger partial charge in [-0.1, -0.05) is 24.3 Å². The summed E-state index contributed by atoms with van der Waals surface area (Å²) in [4.78, 5) is 0. The van der Waals surface area contributed by atoms with Gasteiger partial charge in [0.2, 0.25) is 0 Å². The van der Waals surface area contributed by atoms with Gasteiger partial charge in [-0.3, -0.25) is 0 Å². The molecule has 1 N–H and O–H groups in total. The molecule has 1 unspecified atom stereocenters. The van der Waals surface area contributed by atoms with Crippen LogP contribution in [0.25, 0.3) is 0 Å². The van der Waals surface area contributed by atoms with E-state index in [0.717, 1.165) is 17.5 Å².